The van der Waals surface area contributed by atoms with Gasteiger partial charge in [-0.15, -0.1) is 0 Å². The van der Waals surface area contributed by atoms with E-state index in [9.17, 15) is 14.7 Å². The monoisotopic (exact) mass is 548 g/mol. The lowest BCUT2D eigenvalue weighted by molar-refractivity contribution is -0.133. The average molecular weight is 549 g/mol. The molecule has 6 aromatic rings. The molecule has 1 aliphatic carbocycles. The Kier molecular flexibility index (Phi) is 5.87. The van der Waals surface area contributed by atoms with E-state index in [1.54, 1.807) is 24.3 Å². The Morgan fingerprint density at radius 2 is 1.14 bits per heavy atom. The lowest BCUT2D eigenvalue weighted by Gasteiger charge is -2.35. The molecule has 0 aromatic heterocycles. The third-order valence-electron chi connectivity index (χ3n) is 8.06. The number of aliphatic carboxylic acids is 1. The number of ether oxygens (including phenoxy) is 1. The van der Waals surface area contributed by atoms with Crippen molar-refractivity contribution in [2.75, 3.05) is 0 Å². The second-order valence-electron chi connectivity index (χ2n) is 10.3. The van der Waals surface area contributed by atoms with Crippen molar-refractivity contribution >= 4 is 33.5 Å². The Morgan fingerprint density at radius 1 is 0.595 bits per heavy atom. The molecule has 0 spiro atoms. The summed E-state index contributed by atoms with van der Waals surface area (Å²) in [6, 6.07) is 40.4. The minimum Gasteiger partial charge on any atom is -0.508 e. The number of benzene rings is 6. The highest BCUT2D eigenvalue weighted by Crippen LogP contribution is 2.58. The molecule has 0 aliphatic heterocycles. The highest BCUT2D eigenvalue weighted by molar-refractivity contribution is 5.99. The van der Waals surface area contributed by atoms with Crippen LogP contribution in [0.4, 0.5) is 0 Å². The topological polar surface area (TPSA) is 83.8 Å². The van der Waals surface area contributed by atoms with Crippen LogP contribution in [0.25, 0.3) is 32.7 Å². The smallest absolute Gasteiger partial charge is 0.336 e. The zero-order valence-corrected chi connectivity index (χ0v) is 22.3. The summed E-state index contributed by atoms with van der Waals surface area (Å²) in [5.41, 5.74) is 6.13. The van der Waals surface area contributed by atoms with Gasteiger partial charge in [0.1, 0.15) is 11.5 Å². The molecule has 0 heterocycles. The number of carbonyl (C=O) groups excluding carboxylic acids is 1. The summed E-state index contributed by atoms with van der Waals surface area (Å²) in [5, 5.41) is 23.0. The van der Waals surface area contributed by atoms with Gasteiger partial charge in [-0.05, 0) is 79.2 Å². The van der Waals surface area contributed by atoms with E-state index in [2.05, 4.69) is 60.7 Å². The van der Waals surface area contributed by atoms with Gasteiger partial charge in [-0.25, -0.2) is 9.59 Å². The fraction of sp³-hybridized carbons (Fsp3) is 0.0270. The standard InChI is InChI=1S/C37H24O5/c38-25-15-17-27-23(21-25)7-5-13-31(27)37(33-11-3-1-9-29(33)30-10-2-4-12-34(30)37)32-14-6-8-24-22-26(16-18-28(24)32)42-36(41)20-19-35(39)40/h1-22,38H,(H,39,40). The van der Waals surface area contributed by atoms with Crippen molar-refractivity contribution in [3.05, 3.63) is 156 Å². The van der Waals surface area contributed by atoms with Gasteiger partial charge in [0.05, 0.1) is 5.41 Å². The molecule has 0 radical (unpaired) electrons. The van der Waals surface area contributed by atoms with E-state index in [0.717, 1.165) is 67.1 Å². The minimum atomic E-state index is -1.22. The predicted octanol–water partition coefficient (Wildman–Crippen LogP) is 7.61. The van der Waals surface area contributed by atoms with Crippen LogP contribution in [-0.2, 0) is 15.0 Å². The number of phenols is 1. The molecule has 0 saturated heterocycles. The van der Waals surface area contributed by atoms with Crippen molar-refractivity contribution in [2.45, 2.75) is 5.41 Å². The van der Waals surface area contributed by atoms with E-state index >= 15 is 0 Å². The van der Waals surface area contributed by atoms with Gasteiger partial charge < -0.3 is 14.9 Å². The molecule has 0 amide bonds. The molecular weight excluding hydrogens is 524 g/mol. The molecular formula is C37H24O5. The first-order chi connectivity index (χ1) is 20.5. The van der Waals surface area contributed by atoms with Gasteiger partial charge in [0, 0.05) is 12.2 Å². The number of rotatable bonds is 5. The van der Waals surface area contributed by atoms with Crippen LogP contribution < -0.4 is 4.74 Å². The summed E-state index contributed by atoms with van der Waals surface area (Å²) in [4.78, 5) is 23.0. The van der Waals surface area contributed by atoms with Crippen LogP contribution in [0.3, 0.4) is 0 Å². The molecule has 0 unspecified atom stereocenters. The van der Waals surface area contributed by atoms with E-state index in [4.69, 9.17) is 9.84 Å². The van der Waals surface area contributed by atoms with Crippen molar-refractivity contribution in [1.82, 2.24) is 0 Å². The molecule has 0 fully saturated rings. The molecule has 0 atom stereocenters. The molecule has 6 aromatic carbocycles. The summed E-state index contributed by atoms with van der Waals surface area (Å²) in [6.07, 6.45) is 1.65. The Bertz CT molecular complexity index is 2040. The number of carboxylic acids is 1. The molecule has 2 N–H and O–H groups in total. The maximum absolute atomic E-state index is 12.2. The van der Waals surface area contributed by atoms with E-state index in [-0.39, 0.29) is 5.75 Å². The largest absolute Gasteiger partial charge is 0.508 e. The van der Waals surface area contributed by atoms with Crippen molar-refractivity contribution in [3.8, 4) is 22.6 Å². The van der Waals surface area contributed by atoms with Crippen molar-refractivity contribution in [1.29, 1.82) is 0 Å². The number of hydrogen-bond acceptors (Lipinski definition) is 4. The van der Waals surface area contributed by atoms with Crippen molar-refractivity contribution in [3.63, 3.8) is 0 Å². The first kappa shape index (κ1) is 25.3. The number of carbonyl (C=O) groups is 2. The Labute approximate surface area is 241 Å². The number of carboxylic acid groups (broad SMARTS) is 1. The van der Waals surface area contributed by atoms with Crippen LogP contribution in [0.15, 0.2) is 133 Å². The van der Waals surface area contributed by atoms with Crippen LogP contribution in [0.5, 0.6) is 11.5 Å². The van der Waals surface area contributed by atoms with E-state index < -0.39 is 17.4 Å². The zero-order valence-electron chi connectivity index (χ0n) is 22.3. The second kappa shape index (κ2) is 9.75. The molecule has 5 heteroatoms. The summed E-state index contributed by atoms with van der Waals surface area (Å²) in [7, 11) is 0. The van der Waals surface area contributed by atoms with Crippen LogP contribution in [0.2, 0.25) is 0 Å². The molecule has 42 heavy (non-hydrogen) atoms. The summed E-state index contributed by atoms with van der Waals surface area (Å²) < 4.78 is 5.42. The van der Waals surface area contributed by atoms with Gasteiger partial charge in [0.2, 0.25) is 0 Å². The van der Waals surface area contributed by atoms with Crippen molar-refractivity contribution < 1.29 is 24.5 Å². The predicted molar refractivity (Wildman–Crippen MR) is 163 cm³/mol. The van der Waals surface area contributed by atoms with Crippen molar-refractivity contribution in [2.24, 2.45) is 0 Å². The van der Waals surface area contributed by atoms with Gasteiger partial charge in [-0.1, -0.05) is 97.1 Å². The van der Waals surface area contributed by atoms with Gasteiger partial charge >= 0.3 is 11.9 Å². The van der Waals surface area contributed by atoms with Gasteiger partial charge in [0.25, 0.3) is 0 Å². The van der Waals surface area contributed by atoms with E-state index in [1.807, 2.05) is 36.4 Å². The zero-order chi connectivity index (χ0) is 28.8. The van der Waals surface area contributed by atoms with Crippen LogP contribution in [-0.4, -0.2) is 22.2 Å². The maximum atomic E-state index is 12.2. The molecule has 5 nitrogen and oxygen atoms in total. The number of esters is 1. The third-order valence-corrected chi connectivity index (χ3v) is 8.06. The number of aromatic hydroxyl groups is 1. The summed E-state index contributed by atoms with van der Waals surface area (Å²) in [5.74, 6) is -1.45. The average Bonchev–Trinajstić information content (AvgIpc) is 3.30. The Morgan fingerprint density at radius 3 is 1.76 bits per heavy atom. The van der Waals surface area contributed by atoms with Gasteiger partial charge in [-0.3, -0.25) is 0 Å². The quantitative estimate of drug-likeness (QED) is 0.131. The minimum absolute atomic E-state index is 0.214. The van der Waals surface area contributed by atoms with Crippen LogP contribution in [0, 0.1) is 0 Å². The first-order valence-electron chi connectivity index (χ1n) is 13.5. The van der Waals surface area contributed by atoms with Gasteiger partial charge in [-0.2, -0.15) is 0 Å². The molecule has 0 bridgehead atoms. The molecule has 7 rings (SSSR count). The lowest BCUT2D eigenvalue weighted by Crippen LogP contribution is -2.29. The normalized spacial score (nSPS) is 13.2. The lowest BCUT2D eigenvalue weighted by atomic mass is 9.65. The molecule has 0 saturated carbocycles. The number of hydrogen-bond donors (Lipinski definition) is 2. The second-order valence-corrected chi connectivity index (χ2v) is 10.3. The van der Waals surface area contributed by atoms with Crippen LogP contribution >= 0.6 is 0 Å². The SMILES string of the molecule is O=C(O)C=CC(=O)Oc1ccc2c(C3(c4cccc5cc(O)ccc45)c4ccccc4-c4ccccc43)cccc2c1. The Hall–Kier alpha value is -5.68. The van der Waals surface area contributed by atoms with Gasteiger partial charge in [0.15, 0.2) is 0 Å². The number of phenolic OH excluding ortho intramolecular Hbond substituents is 1. The fourth-order valence-electron chi connectivity index (χ4n) is 6.50. The first-order valence-corrected chi connectivity index (χ1v) is 13.5. The maximum Gasteiger partial charge on any atom is 0.336 e. The fourth-order valence-corrected chi connectivity index (χ4v) is 6.50. The molecule has 202 valence electrons. The van der Waals surface area contributed by atoms with E-state index in [1.165, 1.54) is 0 Å². The third kappa shape index (κ3) is 3.86. The molecule has 1 aliphatic rings. The van der Waals surface area contributed by atoms with E-state index in [0.29, 0.717) is 5.75 Å². The summed E-state index contributed by atoms with van der Waals surface area (Å²) in [6.45, 7) is 0. The summed E-state index contributed by atoms with van der Waals surface area (Å²) >= 11 is 0. The Balaban J connectivity index is 1.53. The number of fused-ring (bicyclic) bond motifs is 5. The highest BCUT2D eigenvalue weighted by Gasteiger charge is 2.47. The highest BCUT2D eigenvalue weighted by atomic mass is 16.5. The van der Waals surface area contributed by atoms with Crippen LogP contribution in [0.1, 0.15) is 22.3 Å².